The van der Waals surface area contributed by atoms with Crippen LogP contribution in [0.4, 0.5) is 0 Å². The first-order valence-electron chi connectivity index (χ1n) is 8.75. The summed E-state index contributed by atoms with van der Waals surface area (Å²) in [5.74, 6) is 0.556. The van der Waals surface area contributed by atoms with Crippen LogP contribution < -0.4 is 5.32 Å². The van der Waals surface area contributed by atoms with E-state index in [4.69, 9.17) is 0 Å². The predicted octanol–water partition coefficient (Wildman–Crippen LogP) is 2.04. The van der Waals surface area contributed by atoms with Gasteiger partial charge in [0.25, 0.3) is 5.91 Å². The molecule has 2 fully saturated rings. The van der Waals surface area contributed by atoms with Gasteiger partial charge in [-0.3, -0.25) is 14.6 Å². The number of likely N-dealkylation sites (tertiary alicyclic amines) is 1. The molecule has 2 bridgehead atoms. The molecule has 2 amide bonds. The van der Waals surface area contributed by atoms with Gasteiger partial charge in [0.2, 0.25) is 5.91 Å². The van der Waals surface area contributed by atoms with Crippen LogP contribution in [0.2, 0.25) is 0 Å². The predicted molar refractivity (Wildman–Crippen MR) is 93.9 cm³/mol. The third kappa shape index (κ3) is 3.27. The van der Waals surface area contributed by atoms with Crippen molar-refractivity contribution in [2.24, 2.45) is 5.92 Å². The second kappa shape index (κ2) is 6.67. The number of nitrogens with one attached hydrogen (secondary N) is 1. The van der Waals surface area contributed by atoms with Gasteiger partial charge in [0.15, 0.2) is 0 Å². The van der Waals surface area contributed by atoms with E-state index in [9.17, 15) is 9.59 Å². The van der Waals surface area contributed by atoms with Crippen molar-refractivity contribution in [2.45, 2.75) is 31.3 Å². The molecule has 0 spiro atoms. The van der Waals surface area contributed by atoms with E-state index >= 15 is 0 Å². The summed E-state index contributed by atoms with van der Waals surface area (Å²) in [5, 5.41) is 3.13. The number of pyridine rings is 1. The number of benzene rings is 1. The summed E-state index contributed by atoms with van der Waals surface area (Å²) in [6, 6.07) is 13.2. The topological polar surface area (TPSA) is 62.3 Å². The Hall–Kier alpha value is -2.69. The van der Waals surface area contributed by atoms with Crippen LogP contribution in [0.5, 0.6) is 0 Å². The normalized spacial score (nSPS) is 24.3. The molecular weight excluding hydrogens is 314 g/mol. The number of amides is 2. The van der Waals surface area contributed by atoms with Crippen molar-refractivity contribution in [1.82, 2.24) is 15.2 Å². The van der Waals surface area contributed by atoms with Crippen molar-refractivity contribution in [1.29, 1.82) is 0 Å². The number of aromatic nitrogens is 1. The highest BCUT2D eigenvalue weighted by atomic mass is 16.2. The molecule has 1 aliphatic carbocycles. The number of fused-ring (bicyclic) bond motifs is 2. The minimum absolute atomic E-state index is 0.0457. The Kier molecular flexibility index (Phi) is 4.22. The summed E-state index contributed by atoms with van der Waals surface area (Å²) in [6.07, 6.45) is 5.76. The van der Waals surface area contributed by atoms with Crippen molar-refractivity contribution in [3.8, 4) is 0 Å². The number of carbonyl (C=O) groups excluding carboxylic acids is 2. The van der Waals surface area contributed by atoms with Gasteiger partial charge in [-0.15, -0.1) is 0 Å². The van der Waals surface area contributed by atoms with Crippen LogP contribution in [-0.2, 0) is 11.2 Å². The Balaban J connectivity index is 1.41. The summed E-state index contributed by atoms with van der Waals surface area (Å²) in [7, 11) is 0. The minimum atomic E-state index is -0.0576. The van der Waals surface area contributed by atoms with Crippen molar-refractivity contribution in [3.63, 3.8) is 0 Å². The van der Waals surface area contributed by atoms with E-state index in [0.717, 1.165) is 24.9 Å². The maximum atomic E-state index is 12.7. The Morgan fingerprint density at radius 1 is 1.12 bits per heavy atom. The molecule has 4 rings (SSSR count). The quantitative estimate of drug-likeness (QED) is 0.930. The van der Waals surface area contributed by atoms with Gasteiger partial charge in [0.1, 0.15) is 0 Å². The number of nitrogens with zero attached hydrogens (tertiary/aromatic N) is 2. The van der Waals surface area contributed by atoms with E-state index in [1.165, 1.54) is 0 Å². The largest absolute Gasteiger partial charge is 0.347 e. The van der Waals surface area contributed by atoms with E-state index < -0.39 is 0 Å². The number of rotatable bonds is 4. The molecule has 1 aromatic carbocycles. The number of piperidine rings is 1. The van der Waals surface area contributed by atoms with Crippen molar-refractivity contribution < 1.29 is 9.59 Å². The van der Waals surface area contributed by atoms with Crippen LogP contribution in [-0.4, -0.2) is 40.3 Å². The van der Waals surface area contributed by atoms with Crippen LogP contribution in [0.15, 0.2) is 54.9 Å². The zero-order chi connectivity index (χ0) is 17.2. The van der Waals surface area contributed by atoms with Crippen LogP contribution in [0.25, 0.3) is 0 Å². The molecule has 1 saturated heterocycles. The molecule has 0 radical (unpaired) electrons. The number of hydrogen-bond donors (Lipinski definition) is 1. The van der Waals surface area contributed by atoms with Gasteiger partial charge in [-0.2, -0.15) is 0 Å². The van der Waals surface area contributed by atoms with Gasteiger partial charge in [-0.05, 0) is 42.5 Å². The van der Waals surface area contributed by atoms with E-state index in [2.05, 4.69) is 10.3 Å². The highest BCUT2D eigenvalue weighted by Crippen LogP contribution is 2.38. The second-order valence-electron chi connectivity index (χ2n) is 6.93. The molecule has 128 valence electrons. The van der Waals surface area contributed by atoms with Gasteiger partial charge in [-0.25, -0.2) is 0 Å². The van der Waals surface area contributed by atoms with Crippen LogP contribution >= 0.6 is 0 Å². The standard InChI is InChI=1S/C20H21N3O2/c24-19(11-14-5-4-8-21-12-14)23-13-15-9-17(18(23)10-15)22-20(25)16-6-2-1-3-7-16/h1-8,12,15,17-18H,9-11,13H2,(H,22,25)/t15-,17+,18-/m1/s1. The lowest BCUT2D eigenvalue weighted by atomic mass is 10.0. The third-order valence-electron chi connectivity index (χ3n) is 5.23. The maximum absolute atomic E-state index is 12.7. The average molecular weight is 335 g/mol. The molecule has 25 heavy (non-hydrogen) atoms. The Morgan fingerprint density at radius 3 is 2.68 bits per heavy atom. The Bertz CT molecular complexity index is 763. The average Bonchev–Trinajstić information content (AvgIpc) is 3.24. The fourth-order valence-electron chi connectivity index (χ4n) is 4.09. The Labute approximate surface area is 147 Å². The molecule has 1 N–H and O–H groups in total. The van der Waals surface area contributed by atoms with Crippen LogP contribution in [0.1, 0.15) is 28.8 Å². The Morgan fingerprint density at radius 2 is 1.96 bits per heavy atom. The second-order valence-corrected chi connectivity index (χ2v) is 6.93. The van der Waals surface area contributed by atoms with Crippen LogP contribution in [0.3, 0.4) is 0 Å². The first kappa shape index (κ1) is 15.8. The highest BCUT2D eigenvalue weighted by Gasteiger charge is 2.47. The molecule has 2 aliphatic rings. The van der Waals surface area contributed by atoms with Gasteiger partial charge in [0.05, 0.1) is 12.5 Å². The third-order valence-corrected chi connectivity index (χ3v) is 5.23. The monoisotopic (exact) mass is 335 g/mol. The zero-order valence-electron chi connectivity index (χ0n) is 14.0. The molecule has 1 saturated carbocycles. The smallest absolute Gasteiger partial charge is 0.251 e. The molecule has 2 aromatic rings. The van der Waals surface area contributed by atoms with E-state index in [-0.39, 0.29) is 23.9 Å². The molecular formula is C20H21N3O2. The molecule has 1 aliphatic heterocycles. The van der Waals surface area contributed by atoms with Gasteiger partial charge < -0.3 is 10.2 Å². The summed E-state index contributed by atoms with van der Waals surface area (Å²) < 4.78 is 0. The lowest BCUT2D eigenvalue weighted by Crippen LogP contribution is -2.52. The lowest BCUT2D eigenvalue weighted by molar-refractivity contribution is -0.132. The fourth-order valence-corrected chi connectivity index (χ4v) is 4.09. The van der Waals surface area contributed by atoms with Crippen molar-refractivity contribution in [2.75, 3.05) is 6.54 Å². The van der Waals surface area contributed by atoms with Crippen LogP contribution in [0, 0.1) is 5.92 Å². The van der Waals surface area contributed by atoms with Gasteiger partial charge >= 0.3 is 0 Å². The molecule has 5 heteroatoms. The van der Waals surface area contributed by atoms with Gasteiger partial charge in [-0.1, -0.05) is 24.3 Å². The minimum Gasteiger partial charge on any atom is -0.347 e. The maximum Gasteiger partial charge on any atom is 0.251 e. The van der Waals surface area contributed by atoms with Crippen molar-refractivity contribution in [3.05, 3.63) is 66.0 Å². The fraction of sp³-hybridized carbons (Fsp3) is 0.350. The summed E-state index contributed by atoms with van der Waals surface area (Å²) in [4.78, 5) is 31.1. The molecule has 3 atom stereocenters. The van der Waals surface area contributed by atoms with E-state index in [1.54, 1.807) is 12.4 Å². The number of carbonyl (C=O) groups is 2. The van der Waals surface area contributed by atoms with Crippen molar-refractivity contribution >= 4 is 11.8 Å². The van der Waals surface area contributed by atoms with Gasteiger partial charge in [0, 0.05) is 30.5 Å². The van der Waals surface area contributed by atoms with E-state index in [1.807, 2.05) is 47.4 Å². The molecule has 1 aromatic heterocycles. The highest BCUT2D eigenvalue weighted by molar-refractivity contribution is 5.94. The number of hydrogen-bond acceptors (Lipinski definition) is 3. The zero-order valence-corrected chi connectivity index (χ0v) is 14.0. The first-order chi connectivity index (χ1) is 12.2. The summed E-state index contributed by atoms with van der Waals surface area (Å²) in [6.45, 7) is 0.807. The SMILES string of the molecule is O=C(N[C@H]1C[C@@H]2C[C@H]1N(C(=O)Cc1cccnc1)C2)c1ccccc1. The lowest BCUT2D eigenvalue weighted by Gasteiger charge is -2.34. The molecule has 5 nitrogen and oxygen atoms in total. The summed E-state index contributed by atoms with van der Waals surface area (Å²) >= 11 is 0. The molecule has 2 heterocycles. The summed E-state index contributed by atoms with van der Waals surface area (Å²) in [5.41, 5.74) is 1.60. The van der Waals surface area contributed by atoms with E-state index in [0.29, 0.717) is 17.9 Å². The first-order valence-corrected chi connectivity index (χ1v) is 8.75. The molecule has 0 unspecified atom stereocenters.